The first-order chi connectivity index (χ1) is 15.8. The number of nitrogens with zero attached hydrogens (tertiary/aromatic N) is 2. The maximum atomic E-state index is 13.6. The van der Waals surface area contributed by atoms with E-state index in [1.54, 1.807) is 44.2 Å². The number of aromatic nitrogens is 1. The topological polar surface area (TPSA) is 90.1 Å². The summed E-state index contributed by atoms with van der Waals surface area (Å²) in [6, 6.07) is 11.0. The molecule has 33 heavy (non-hydrogen) atoms. The first-order valence-corrected chi connectivity index (χ1v) is 11.4. The summed E-state index contributed by atoms with van der Waals surface area (Å²) in [5.41, 5.74) is 1.41. The summed E-state index contributed by atoms with van der Waals surface area (Å²) in [7, 11) is 1.53. The highest BCUT2D eigenvalue weighted by atomic mass is 35.5. The van der Waals surface area contributed by atoms with Crippen LogP contribution in [0.3, 0.4) is 0 Å². The second kappa shape index (κ2) is 9.25. The number of carbonyl (C=O) groups excluding carboxylic acids is 1. The molecule has 1 aromatic heterocycles. The Kier molecular flexibility index (Phi) is 6.40. The van der Waals surface area contributed by atoms with Crippen molar-refractivity contribution in [2.24, 2.45) is 4.99 Å². The largest absolute Gasteiger partial charge is 0.507 e. The van der Waals surface area contributed by atoms with Crippen molar-refractivity contribution >= 4 is 35.0 Å². The Hall–Kier alpha value is -3.36. The lowest BCUT2D eigenvalue weighted by molar-refractivity contribution is -0.139. The molecular weight excluding hydrogens is 464 g/mol. The van der Waals surface area contributed by atoms with E-state index in [1.165, 1.54) is 17.7 Å². The van der Waals surface area contributed by atoms with Crippen LogP contribution in [0.2, 0.25) is 5.02 Å². The minimum atomic E-state index is -0.786. The number of hydrogen-bond acceptors (Lipinski definition) is 7. The van der Waals surface area contributed by atoms with Gasteiger partial charge >= 0.3 is 5.97 Å². The number of allylic oxidation sites excluding steroid dienone is 1. The molecular formula is C24H21ClN2O5S. The molecule has 4 rings (SSSR count). The third kappa shape index (κ3) is 4.19. The number of rotatable bonds is 5. The number of fused-ring (bicyclic) bond motifs is 1. The van der Waals surface area contributed by atoms with Crippen LogP contribution in [0.1, 0.15) is 31.0 Å². The zero-order chi connectivity index (χ0) is 23.7. The molecule has 9 heteroatoms. The fraction of sp³-hybridized carbons (Fsp3) is 0.208. The average Bonchev–Trinajstić information content (AvgIpc) is 3.10. The smallest absolute Gasteiger partial charge is 0.338 e. The van der Waals surface area contributed by atoms with E-state index in [0.717, 1.165) is 11.3 Å². The normalized spacial score (nSPS) is 15.8. The molecule has 0 aliphatic carbocycles. The van der Waals surface area contributed by atoms with Crippen LogP contribution < -0.4 is 19.6 Å². The SMILES string of the molecule is CCOC(=O)C1=C(C)N=c2s/c(=C/c3cc(Cl)ccc3O)c(=O)n2[C@H]1c1ccccc1OC. The summed E-state index contributed by atoms with van der Waals surface area (Å²) in [4.78, 5) is 31.5. The van der Waals surface area contributed by atoms with Crippen LogP contribution >= 0.6 is 22.9 Å². The Morgan fingerprint density at radius 2 is 2.06 bits per heavy atom. The molecule has 0 saturated carbocycles. The van der Waals surface area contributed by atoms with Gasteiger partial charge < -0.3 is 14.6 Å². The van der Waals surface area contributed by atoms with Crippen molar-refractivity contribution in [3.8, 4) is 11.5 Å². The van der Waals surface area contributed by atoms with E-state index < -0.39 is 12.0 Å². The summed E-state index contributed by atoms with van der Waals surface area (Å²) >= 11 is 7.22. The summed E-state index contributed by atoms with van der Waals surface area (Å²) in [6.45, 7) is 3.62. The van der Waals surface area contributed by atoms with Crippen molar-refractivity contribution < 1.29 is 19.4 Å². The molecule has 2 aromatic carbocycles. The fourth-order valence-corrected chi connectivity index (χ4v) is 4.98. The Morgan fingerprint density at radius 1 is 1.30 bits per heavy atom. The Balaban J connectivity index is 2.01. The number of methoxy groups -OCH3 is 1. The Bertz CT molecular complexity index is 1450. The van der Waals surface area contributed by atoms with E-state index in [9.17, 15) is 14.7 Å². The van der Waals surface area contributed by atoms with Crippen LogP contribution in [0.4, 0.5) is 0 Å². The molecule has 0 unspecified atom stereocenters. The predicted molar refractivity (Wildman–Crippen MR) is 127 cm³/mol. The van der Waals surface area contributed by atoms with E-state index >= 15 is 0 Å². The summed E-state index contributed by atoms with van der Waals surface area (Å²) in [5, 5.41) is 10.6. The number of carbonyl (C=O) groups is 1. The lowest BCUT2D eigenvalue weighted by Crippen LogP contribution is -2.40. The number of thiazole rings is 1. The van der Waals surface area contributed by atoms with E-state index in [4.69, 9.17) is 21.1 Å². The lowest BCUT2D eigenvalue weighted by atomic mass is 9.95. The molecule has 0 radical (unpaired) electrons. The van der Waals surface area contributed by atoms with Gasteiger partial charge in [-0.15, -0.1) is 0 Å². The molecule has 1 atom stereocenters. The minimum Gasteiger partial charge on any atom is -0.507 e. The van der Waals surface area contributed by atoms with Gasteiger partial charge in [0.2, 0.25) is 0 Å². The van der Waals surface area contributed by atoms with E-state index in [1.807, 2.05) is 12.1 Å². The number of para-hydroxylation sites is 1. The van der Waals surface area contributed by atoms with Gasteiger partial charge in [0, 0.05) is 16.1 Å². The number of esters is 1. The van der Waals surface area contributed by atoms with Gasteiger partial charge in [-0.3, -0.25) is 9.36 Å². The predicted octanol–water partition coefficient (Wildman–Crippen LogP) is 3.17. The molecule has 0 spiro atoms. The average molecular weight is 485 g/mol. The van der Waals surface area contributed by atoms with Crippen molar-refractivity contribution in [1.29, 1.82) is 0 Å². The van der Waals surface area contributed by atoms with Crippen molar-refractivity contribution in [3.05, 3.63) is 89.6 Å². The van der Waals surface area contributed by atoms with E-state index in [0.29, 0.717) is 36.9 Å². The summed E-state index contributed by atoms with van der Waals surface area (Å²) in [6.07, 6.45) is 1.56. The van der Waals surface area contributed by atoms with Gasteiger partial charge in [0.15, 0.2) is 4.80 Å². The summed E-state index contributed by atoms with van der Waals surface area (Å²) < 4.78 is 12.6. The van der Waals surface area contributed by atoms with Crippen LogP contribution in [0.25, 0.3) is 6.08 Å². The van der Waals surface area contributed by atoms with Crippen LogP contribution in [0.5, 0.6) is 11.5 Å². The van der Waals surface area contributed by atoms with Gasteiger partial charge in [-0.05, 0) is 44.2 Å². The number of ether oxygens (including phenoxy) is 2. The Labute approximate surface area is 198 Å². The standard InChI is InChI=1S/C24H21ClN2O5S/c1-4-32-23(30)20-13(2)26-24-27(21(20)16-7-5-6-8-18(16)31-3)22(29)19(33-24)12-14-11-15(25)9-10-17(14)28/h5-12,21,28H,4H2,1-3H3/b19-12+/t21-/m0/s1. The molecule has 0 bridgehead atoms. The zero-order valence-electron chi connectivity index (χ0n) is 18.2. The van der Waals surface area contributed by atoms with Gasteiger partial charge in [-0.25, -0.2) is 9.79 Å². The lowest BCUT2D eigenvalue weighted by Gasteiger charge is -2.25. The third-order valence-corrected chi connectivity index (χ3v) is 6.44. The third-order valence-electron chi connectivity index (χ3n) is 5.23. The highest BCUT2D eigenvalue weighted by Crippen LogP contribution is 2.35. The second-order valence-electron chi connectivity index (χ2n) is 7.25. The molecule has 7 nitrogen and oxygen atoms in total. The van der Waals surface area contributed by atoms with E-state index in [-0.39, 0.29) is 23.5 Å². The van der Waals surface area contributed by atoms with Crippen molar-refractivity contribution in [2.75, 3.05) is 13.7 Å². The highest BCUT2D eigenvalue weighted by molar-refractivity contribution is 7.07. The highest BCUT2D eigenvalue weighted by Gasteiger charge is 2.34. The maximum absolute atomic E-state index is 13.6. The van der Waals surface area contributed by atoms with Crippen LogP contribution in [-0.2, 0) is 9.53 Å². The first kappa shape index (κ1) is 22.8. The van der Waals surface area contributed by atoms with Gasteiger partial charge in [0.1, 0.15) is 17.5 Å². The molecule has 3 aromatic rings. The number of aromatic hydroxyl groups is 1. The number of benzene rings is 2. The maximum Gasteiger partial charge on any atom is 0.338 e. The minimum absolute atomic E-state index is 0.00472. The zero-order valence-corrected chi connectivity index (χ0v) is 19.7. The monoisotopic (exact) mass is 484 g/mol. The van der Waals surface area contributed by atoms with Crippen LogP contribution in [-0.4, -0.2) is 29.4 Å². The second-order valence-corrected chi connectivity index (χ2v) is 8.69. The molecule has 1 aliphatic rings. The van der Waals surface area contributed by atoms with Gasteiger partial charge in [-0.1, -0.05) is 41.1 Å². The summed E-state index contributed by atoms with van der Waals surface area (Å²) in [5.74, 6) is -0.0209. The van der Waals surface area contributed by atoms with Gasteiger partial charge in [0.25, 0.3) is 5.56 Å². The van der Waals surface area contributed by atoms with Crippen molar-refractivity contribution in [2.45, 2.75) is 19.9 Å². The first-order valence-electron chi connectivity index (χ1n) is 10.2. The van der Waals surface area contributed by atoms with Crippen LogP contribution in [0.15, 0.2) is 63.5 Å². The molecule has 1 N–H and O–H groups in total. The van der Waals surface area contributed by atoms with Gasteiger partial charge in [-0.2, -0.15) is 0 Å². The van der Waals surface area contributed by atoms with E-state index in [2.05, 4.69) is 4.99 Å². The number of halogens is 1. The van der Waals surface area contributed by atoms with Crippen LogP contribution in [0, 0.1) is 0 Å². The molecule has 170 valence electrons. The number of phenols is 1. The molecule has 1 aliphatic heterocycles. The molecule has 2 heterocycles. The van der Waals surface area contributed by atoms with Crippen molar-refractivity contribution in [3.63, 3.8) is 0 Å². The van der Waals surface area contributed by atoms with Gasteiger partial charge in [0.05, 0.1) is 29.5 Å². The molecule has 0 fully saturated rings. The molecule has 0 saturated heterocycles. The Morgan fingerprint density at radius 3 is 2.79 bits per heavy atom. The number of hydrogen-bond donors (Lipinski definition) is 1. The fourth-order valence-electron chi connectivity index (χ4n) is 3.76. The van der Waals surface area contributed by atoms with Crippen molar-refractivity contribution in [1.82, 2.24) is 4.57 Å². The molecule has 0 amide bonds. The number of phenolic OH excluding ortho intramolecular Hbond substituents is 1. The quantitative estimate of drug-likeness (QED) is 0.562.